The topological polar surface area (TPSA) is 39.1 Å². The number of ether oxygens (including phenoxy) is 1. The Bertz CT molecular complexity index is 514. The van der Waals surface area contributed by atoms with Gasteiger partial charge in [-0.3, -0.25) is 4.68 Å². The molecule has 0 aliphatic carbocycles. The van der Waals surface area contributed by atoms with Crippen molar-refractivity contribution in [2.24, 2.45) is 7.05 Å². The van der Waals surface area contributed by atoms with Crippen LogP contribution in [0.4, 0.5) is 5.82 Å². The molecule has 4 nitrogen and oxygen atoms in total. The van der Waals surface area contributed by atoms with E-state index in [1.807, 2.05) is 63.0 Å². The maximum atomic E-state index is 5.63. The first kappa shape index (κ1) is 12.5. The summed E-state index contributed by atoms with van der Waals surface area (Å²) in [5.41, 5.74) is 2.21. The van der Waals surface area contributed by atoms with Crippen molar-refractivity contribution < 1.29 is 4.74 Å². The minimum absolute atomic E-state index is 0.198. The molecule has 1 aromatic heterocycles. The Morgan fingerprint density at radius 1 is 1.22 bits per heavy atom. The maximum absolute atomic E-state index is 5.63. The third kappa shape index (κ3) is 2.64. The molecule has 0 spiro atoms. The van der Waals surface area contributed by atoms with Crippen LogP contribution in [-0.4, -0.2) is 22.9 Å². The molecule has 1 aromatic carbocycles. The van der Waals surface area contributed by atoms with E-state index in [2.05, 4.69) is 10.4 Å². The second-order valence-electron chi connectivity index (χ2n) is 4.48. The quantitative estimate of drug-likeness (QED) is 0.900. The van der Waals surface area contributed by atoms with E-state index < -0.39 is 0 Å². The molecule has 0 aliphatic rings. The van der Waals surface area contributed by atoms with Crippen molar-refractivity contribution in [3.63, 3.8) is 0 Å². The Hall–Kier alpha value is -1.97. The molecule has 0 bridgehead atoms. The van der Waals surface area contributed by atoms with E-state index >= 15 is 0 Å². The molecule has 0 fully saturated rings. The van der Waals surface area contributed by atoms with Gasteiger partial charge < -0.3 is 10.1 Å². The van der Waals surface area contributed by atoms with Gasteiger partial charge in [0, 0.05) is 25.7 Å². The molecule has 1 N–H and O–H groups in total. The van der Waals surface area contributed by atoms with E-state index in [1.54, 1.807) is 0 Å². The summed E-state index contributed by atoms with van der Waals surface area (Å²) in [6.07, 6.45) is 0.198. The SMILES string of the molecule is CNc1cc(-c2ccc(OC(C)C)cc2)n(C)n1. The molecule has 4 heteroatoms. The number of rotatable bonds is 4. The van der Waals surface area contributed by atoms with Gasteiger partial charge in [0.1, 0.15) is 11.6 Å². The van der Waals surface area contributed by atoms with E-state index in [4.69, 9.17) is 4.74 Å². The number of hydrogen-bond donors (Lipinski definition) is 1. The normalized spacial score (nSPS) is 10.7. The highest BCUT2D eigenvalue weighted by atomic mass is 16.5. The average Bonchev–Trinajstić information content (AvgIpc) is 2.71. The second-order valence-corrected chi connectivity index (χ2v) is 4.48. The van der Waals surface area contributed by atoms with Crippen LogP contribution in [0.25, 0.3) is 11.3 Å². The Morgan fingerprint density at radius 2 is 1.89 bits per heavy atom. The van der Waals surface area contributed by atoms with Crippen molar-refractivity contribution >= 4 is 5.82 Å². The maximum Gasteiger partial charge on any atom is 0.148 e. The molecule has 96 valence electrons. The van der Waals surface area contributed by atoms with E-state index in [0.29, 0.717) is 0 Å². The van der Waals surface area contributed by atoms with Crippen LogP contribution in [0.15, 0.2) is 30.3 Å². The third-order valence-electron chi connectivity index (χ3n) is 2.66. The summed E-state index contributed by atoms with van der Waals surface area (Å²) in [6, 6.07) is 10.1. The van der Waals surface area contributed by atoms with Crippen molar-refractivity contribution in [2.45, 2.75) is 20.0 Å². The lowest BCUT2D eigenvalue weighted by Crippen LogP contribution is -2.05. The van der Waals surface area contributed by atoms with Gasteiger partial charge in [0.05, 0.1) is 11.8 Å². The highest BCUT2D eigenvalue weighted by molar-refractivity contribution is 5.64. The summed E-state index contributed by atoms with van der Waals surface area (Å²) >= 11 is 0. The van der Waals surface area contributed by atoms with Gasteiger partial charge in [-0.2, -0.15) is 5.10 Å². The Labute approximate surface area is 108 Å². The minimum atomic E-state index is 0.198. The van der Waals surface area contributed by atoms with Crippen LogP contribution in [0.3, 0.4) is 0 Å². The average molecular weight is 245 g/mol. The van der Waals surface area contributed by atoms with Crippen molar-refractivity contribution in [1.29, 1.82) is 0 Å². The summed E-state index contributed by atoms with van der Waals surface area (Å²) < 4.78 is 7.49. The zero-order chi connectivity index (χ0) is 13.1. The van der Waals surface area contributed by atoms with Crippen molar-refractivity contribution in [1.82, 2.24) is 9.78 Å². The van der Waals surface area contributed by atoms with E-state index in [0.717, 1.165) is 22.8 Å². The smallest absolute Gasteiger partial charge is 0.148 e. The van der Waals surface area contributed by atoms with E-state index in [9.17, 15) is 0 Å². The van der Waals surface area contributed by atoms with Gasteiger partial charge in [0.2, 0.25) is 0 Å². The molecular formula is C14H19N3O. The first-order valence-electron chi connectivity index (χ1n) is 6.09. The molecule has 0 radical (unpaired) electrons. The summed E-state index contributed by atoms with van der Waals surface area (Å²) in [6.45, 7) is 4.04. The van der Waals surface area contributed by atoms with Gasteiger partial charge in [-0.05, 0) is 38.1 Å². The van der Waals surface area contributed by atoms with Crippen LogP contribution in [0.1, 0.15) is 13.8 Å². The highest BCUT2D eigenvalue weighted by Gasteiger charge is 2.06. The fraction of sp³-hybridized carbons (Fsp3) is 0.357. The molecule has 2 rings (SSSR count). The molecule has 18 heavy (non-hydrogen) atoms. The summed E-state index contributed by atoms with van der Waals surface area (Å²) in [5.74, 6) is 1.76. The van der Waals surface area contributed by atoms with Gasteiger partial charge in [-0.25, -0.2) is 0 Å². The Balaban J connectivity index is 2.25. The molecule has 0 saturated carbocycles. The van der Waals surface area contributed by atoms with Crippen LogP contribution in [-0.2, 0) is 7.05 Å². The number of aromatic nitrogens is 2. The largest absolute Gasteiger partial charge is 0.491 e. The van der Waals surface area contributed by atoms with Crippen LogP contribution in [0.5, 0.6) is 5.75 Å². The van der Waals surface area contributed by atoms with Crippen molar-refractivity contribution in [3.05, 3.63) is 30.3 Å². The molecule has 0 saturated heterocycles. The van der Waals surface area contributed by atoms with E-state index in [-0.39, 0.29) is 6.10 Å². The number of hydrogen-bond acceptors (Lipinski definition) is 3. The number of aryl methyl sites for hydroxylation is 1. The molecule has 1 heterocycles. The fourth-order valence-electron chi connectivity index (χ4n) is 1.84. The minimum Gasteiger partial charge on any atom is -0.491 e. The number of anilines is 1. The lowest BCUT2D eigenvalue weighted by molar-refractivity contribution is 0.242. The second kappa shape index (κ2) is 5.12. The Kier molecular flexibility index (Phi) is 3.55. The number of nitrogens with one attached hydrogen (secondary N) is 1. The van der Waals surface area contributed by atoms with E-state index in [1.165, 1.54) is 0 Å². The monoisotopic (exact) mass is 245 g/mol. The van der Waals surface area contributed by atoms with Gasteiger partial charge in [0.15, 0.2) is 0 Å². The number of nitrogens with zero attached hydrogens (tertiary/aromatic N) is 2. The van der Waals surface area contributed by atoms with Crippen LogP contribution in [0, 0.1) is 0 Å². The van der Waals surface area contributed by atoms with Crippen molar-refractivity contribution in [2.75, 3.05) is 12.4 Å². The first-order chi connectivity index (χ1) is 8.60. The van der Waals surface area contributed by atoms with Gasteiger partial charge in [0.25, 0.3) is 0 Å². The zero-order valence-electron chi connectivity index (χ0n) is 11.3. The molecule has 2 aromatic rings. The predicted octanol–water partition coefficient (Wildman–Crippen LogP) is 2.92. The first-order valence-corrected chi connectivity index (χ1v) is 6.09. The molecule has 0 atom stereocenters. The zero-order valence-corrected chi connectivity index (χ0v) is 11.3. The van der Waals surface area contributed by atoms with Crippen molar-refractivity contribution in [3.8, 4) is 17.0 Å². The molecule has 0 unspecified atom stereocenters. The third-order valence-corrected chi connectivity index (χ3v) is 2.66. The standard InChI is InChI=1S/C14H19N3O/c1-10(2)18-12-7-5-11(6-8-12)13-9-14(15-3)16-17(13)4/h5-10H,1-4H3,(H,15,16). The fourth-order valence-corrected chi connectivity index (χ4v) is 1.84. The number of benzene rings is 1. The van der Waals surface area contributed by atoms with Gasteiger partial charge in [-0.15, -0.1) is 0 Å². The predicted molar refractivity (Wildman–Crippen MR) is 74.0 cm³/mol. The molecular weight excluding hydrogens is 226 g/mol. The van der Waals surface area contributed by atoms with Crippen LogP contribution in [0.2, 0.25) is 0 Å². The lowest BCUT2D eigenvalue weighted by Gasteiger charge is -2.10. The lowest BCUT2D eigenvalue weighted by atomic mass is 10.1. The highest BCUT2D eigenvalue weighted by Crippen LogP contribution is 2.24. The molecule has 0 aliphatic heterocycles. The van der Waals surface area contributed by atoms with Crippen LogP contribution < -0.4 is 10.1 Å². The molecule has 0 amide bonds. The summed E-state index contributed by atoms with van der Waals surface area (Å²) in [7, 11) is 3.81. The summed E-state index contributed by atoms with van der Waals surface area (Å²) in [4.78, 5) is 0. The Morgan fingerprint density at radius 3 is 2.39 bits per heavy atom. The van der Waals surface area contributed by atoms with Gasteiger partial charge in [-0.1, -0.05) is 0 Å². The summed E-state index contributed by atoms with van der Waals surface area (Å²) in [5, 5.41) is 7.39. The van der Waals surface area contributed by atoms with Crippen LogP contribution >= 0.6 is 0 Å². The van der Waals surface area contributed by atoms with Gasteiger partial charge >= 0.3 is 0 Å².